The Balaban J connectivity index is 3.52. The van der Waals surface area contributed by atoms with Gasteiger partial charge in [-0.25, -0.2) is 0 Å². The smallest absolute Gasteiger partial charge is 0.0558 e. The fourth-order valence-electron chi connectivity index (χ4n) is 0.977. The zero-order chi connectivity index (χ0) is 12.9. The van der Waals surface area contributed by atoms with Gasteiger partial charge in [-0.15, -0.1) is 34.8 Å². The van der Waals surface area contributed by atoms with Crippen molar-refractivity contribution in [3.05, 3.63) is 0 Å². The normalized spacial score (nSPS) is 14.8. The molecule has 0 radical (unpaired) electrons. The van der Waals surface area contributed by atoms with Crippen LogP contribution in [0.4, 0.5) is 0 Å². The minimum atomic E-state index is 0.153. The summed E-state index contributed by atoms with van der Waals surface area (Å²) in [5.74, 6) is 5.97. The van der Waals surface area contributed by atoms with E-state index in [1.807, 2.05) is 0 Å². The van der Waals surface area contributed by atoms with Gasteiger partial charge < -0.3 is 5.11 Å². The van der Waals surface area contributed by atoms with Crippen LogP contribution in [-0.4, -0.2) is 62.9 Å². The maximum Gasteiger partial charge on any atom is 0.0558 e. The van der Waals surface area contributed by atoms with Crippen LogP contribution in [-0.2, 0) is 0 Å². The number of rotatable bonds is 12. The molecule has 0 aliphatic rings. The summed E-state index contributed by atoms with van der Waals surface area (Å²) in [5.41, 5.74) is 0. The fourth-order valence-corrected chi connectivity index (χ4v) is 4.94. The van der Waals surface area contributed by atoms with Crippen molar-refractivity contribution in [3.8, 4) is 0 Å². The summed E-state index contributed by atoms with van der Waals surface area (Å²) in [6.45, 7) is 0.207. The van der Waals surface area contributed by atoms with Gasteiger partial charge in [0.1, 0.15) is 0 Å². The molecule has 0 aromatic rings. The molecule has 2 atom stereocenters. The Morgan fingerprint density at radius 2 is 1.53 bits per heavy atom. The molecule has 0 saturated heterocycles. The molecule has 0 aromatic carbocycles. The second-order valence-corrected chi connectivity index (χ2v) is 8.27. The van der Waals surface area contributed by atoms with Gasteiger partial charge in [0.05, 0.1) is 12.0 Å². The van der Waals surface area contributed by atoms with Crippen LogP contribution in [0, 0.1) is 0 Å². The number of alkyl halides is 3. The van der Waals surface area contributed by atoms with Crippen LogP contribution in [0.2, 0.25) is 0 Å². The fraction of sp³-hybridized carbons (Fsp3) is 1.00. The number of hydrogen-bond acceptors (Lipinski definition) is 4. The summed E-state index contributed by atoms with van der Waals surface area (Å²) in [4.78, 5) is 0. The molecule has 0 rings (SSSR count). The van der Waals surface area contributed by atoms with Gasteiger partial charge in [-0.1, -0.05) is 0 Å². The average molecular weight is 358 g/mol. The first-order valence-corrected chi connectivity index (χ1v) is 10.2. The second kappa shape index (κ2) is 14.3. The minimum Gasteiger partial charge on any atom is -0.395 e. The number of aliphatic hydroxyl groups is 1. The van der Waals surface area contributed by atoms with Crippen molar-refractivity contribution in [2.24, 2.45) is 0 Å². The Kier molecular flexibility index (Phi) is 15.9. The highest BCUT2D eigenvalue weighted by Crippen LogP contribution is 2.21. The van der Waals surface area contributed by atoms with Crippen LogP contribution < -0.4 is 0 Å². The van der Waals surface area contributed by atoms with Crippen molar-refractivity contribution < 1.29 is 5.11 Å². The third-order valence-corrected chi connectivity index (χ3v) is 7.12. The predicted molar refractivity (Wildman–Crippen MR) is 89.1 cm³/mol. The Labute approximate surface area is 132 Å². The molecule has 104 valence electrons. The van der Waals surface area contributed by atoms with Gasteiger partial charge in [0.2, 0.25) is 0 Å². The molecule has 0 saturated carbocycles. The highest BCUT2D eigenvalue weighted by molar-refractivity contribution is 8.03. The lowest BCUT2D eigenvalue weighted by atomic mass is 10.5. The van der Waals surface area contributed by atoms with Gasteiger partial charge in [0.15, 0.2) is 0 Å². The van der Waals surface area contributed by atoms with E-state index < -0.39 is 0 Å². The number of thioether (sulfide) groups is 3. The maximum absolute atomic E-state index is 9.22. The quantitative estimate of drug-likeness (QED) is 0.425. The van der Waals surface area contributed by atoms with Crippen molar-refractivity contribution in [1.82, 2.24) is 0 Å². The Hall–Kier alpha value is 1.88. The molecule has 0 spiro atoms. The third-order valence-electron chi connectivity index (χ3n) is 1.76. The van der Waals surface area contributed by atoms with Gasteiger partial charge >= 0.3 is 0 Å². The van der Waals surface area contributed by atoms with E-state index in [0.717, 1.165) is 28.8 Å². The first-order chi connectivity index (χ1) is 8.24. The summed E-state index contributed by atoms with van der Waals surface area (Å²) in [6.07, 6.45) is 0. The molecule has 0 aliphatic carbocycles. The third kappa shape index (κ3) is 12.6. The lowest BCUT2D eigenvalue weighted by molar-refractivity contribution is 0.301. The second-order valence-electron chi connectivity index (χ2n) is 3.26. The lowest BCUT2D eigenvalue weighted by Crippen LogP contribution is -2.17. The van der Waals surface area contributed by atoms with Crippen LogP contribution in [0.15, 0.2) is 0 Å². The molecular formula is C10H19Cl3OS3. The van der Waals surface area contributed by atoms with E-state index in [1.54, 1.807) is 35.3 Å². The van der Waals surface area contributed by atoms with Crippen LogP contribution >= 0.6 is 70.1 Å². The SMILES string of the molecule is OCC(CSCCCl)SCC(Cl)CSCCCl. The number of hydrogen-bond donors (Lipinski definition) is 1. The summed E-state index contributed by atoms with van der Waals surface area (Å²) < 4.78 is 0. The molecule has 7 heteroatoms. The van der Waals surface area contributed by atoms with Crippen LogP contribution in [0.25, 0.3) is 0 Å². The van der Waals surface area contributed by atoms with Crippen LogP contribution in [0.5, 0.6) is 0 Å². The Bertz CT molecular complexity index is 166. The van der Waals surface area contributed by atoms with Crippen LogP contribution in [0.1, 0.15) is 0 Å². The van der Waals surface area contributed by atoms with E-state index in [9.17, 15) is 5.11 Å². The minimum absolute atomic E-state index is 0.153. The largest absolute Gasteiger partial charge is 0.395 e. The molecular weight excluding hydrogens is 339 g/mol. The number of aliphatic hydroxyl groups excluding tert-OH is 1. The van der Waals surface area contributed by atoms with Gasteiger partial charge in [0.25, 0.3) is 0 Å². The van der Waals surface area contributed by atoms with E-state index in [0.29, 0.717) is 11.8 Å². The number of halogens is 3. The summed E-state index contributed by atoms with van der Waals surface area (Å²) in [5, 5.41) is 9.64. The van der Waals surface area contributed by atoms with Crippen LogP contribution in [0.3, 0.4) is 0 Å². The van der Waals surface area contributed by atoms with E-state index in [4.69, 9.17) is 34.8 Å². The first-order valence-electron chi connectivity index (χ1n) is 5.38. The molecule has 0 heterocycles. The molecule has 0 aliphatic heterocycles. The predicted octanol–water partition coefficient (Wildman–Crippen LogP) is 3.63. The van der Waals surface area contributed by atoms with Crippen molar-refractivity contribution in [2.45, 2.75) is 10.6 Å². The highest BCUT2D eigenvalue weighted by atomic mass is 35.5. The van der Waals surface area contributed by atoms with E-state index in [2.05, 4.69) is 0 Å². The Morgan fingerprint density at radius 1 is 0.941 bits per heavy atom. The summed E-state index contributed by atoms with van der Waals surface area (Å²) in [7, 11) is 0. The molecule has 0 bridgehead atoms. The van der Waals surface area contributed by atoms with Gasteiger partial charge in [-0.2, -0.15) is 35.3 Å². The van der Waals surface area contributed by atoms with Crippen molar-refractivity contribution in [1.29, 1.82) is 0 Å². The molecule has 2 unspecified atom stereocenters. The zero-order valence-corrected chi connectivity index (χ0v) is 14.3. The molecule has 0 amide bonds. The average Bonchev–Trinajstić information content (AvgIpc) is 2.34. The van der Waals surface area contributed by atoms with Crippen molar-refractivity contribution >= 4 is 70.1 Å². The van der Waals surface area contributed by atoms with Crippen molar-refractivity contribution in [2.75, 3.05) is 47.1 Å². The summed E-state index contributed by atoms with van der Waals surface area (Å²) >= 11 is 22.7. The Morgan fingerprint density at radius 3 is 2.06 bits per heavy atom. The van der Waals surface area contributed by atoms with E-state index in [-0.39, 0.29) is 17.2 Å². The lowest BCUT2D eigenvalue weighted by Gasteiger charge is -2.15. The molecule has 17 heavy (non-hydrogen) atoms. The molecule has 0 fully saturated rings. The van der Waals surface area contributed by atoms with Crippen molar-refractivity contribution in [3.63, 3.8) is 0 Å². The highest BCUT2D eigenvalue weighted by Gasteiger charge is 2.12. The molecule has 1 nitrogen and oxygen atoms in total. The maximum atomic E-state index is 9.22. The van der Waals surface area contributed by atoms with E-state index in [1.165, 1.54) is 0 Å². The van der Waals surface area contributed by atoms with Gasteiger partial charge in [0, 0.05) is 45.8 Å². The van der Waals surface area contributed by atoms with Gasteiger partial charge in [-0.05, 0) is 0 Å². The monoisotopic (exact) mass is 356 g/mol. The molecule has 0 aromatic heterocycles. The topological polar surface area (TPSA) is 20.2 Å². The molecule has 1 N–H and O–H groups in total. The standard InChI is InChI=1S/C10H19Cl3OS3/c11-1-3-15-6-9(13)7-17-10(5-14)8-16-4-2-12/h9-10,14H,1-8H2. The first kappa shape index (κ1) is 18.9. The van der Waals surface area contributed by atoms with E-state index >= 15 is 0 Å². The van der Waals surface area contributed by atoms with Gasteiger partial charge in [-0.3, -0.25) is 0 Å². The zero-order valence-electron chi connectivity index (χ0n) is 9.62. The summed E-state index contributed by atoms with van der Waals surface area (Å²) in [6, 6.07) is 0.